The average molecular weight is 275 g/mol. The van der Waals surface area contributed by atoms with E-state index in [0.717, 1.165) is 37.7 Å². The molecule has 1 fully saturated rings. The lowest BCUT2D eigenvalue weighted by molar-refractivity contribution is 0.161. The van der Waals surface area contributed by atoms with E-state index in [9.17, 15) is 0 Å². The monoisotopic (exact) mass is 275 g/mol. The summed E-state index contributed by atoms with van der Waals surface area (Å²) in [5, 5.41) is 12.3. The molecule has 0 aromatic heterocycles. The van der Waals surface area contributed by atoms with Gasteiger partial charge in [-0.05, 0) is 31.2 Å². The summed E-state index contributed by atoms with van der Waals surface area (Å²) in [6.07, 6.45) is 0. The molecule has 1 saturated heterocycles. The lowest BCUT2D eigenvalue weighted by Gasteiger charge is -2.31. The molecule has 0 aliphatic carbocycles. The van der Waals surface area contributed by atoms with Gasteiger partial charge in [-0.2, -0.15) is 5.26 Å². The van der Waals surface area contributed by atoms with Gasteiger partial charge in [-0.15, -0.1) is 0 Å². The van der Waals surface area contributed by atoms with Crippen LogP contribution in [0.1, 0.15) is 6.92 Å². The van der Waals surface area contributed by atoms with E-state index in [2.05, 4.69) is 16.3 Å². The van der Waals surface area contributed by atoms with E-state index in [-0.39, 0.29) is 6.04 Å². The van der Waals surface area contributed by atoms with E-state index in [1.165, 1.54) is 0 Å². The number of hydrogen-bond donors (Lipinski definition) is 1. The Kier molecular flexibility index (Phi) is 5.66. The highest BCUT2D eigenvalue weighted by Gasteiger charge is 2.20. The predicted octanol–water partition coefficient (Wildman–Crippen LogP) is 1.26. The molecule has 1 aliphatic heterocycles. The van der Waals surface area contributed by atoms with Crippen molar-refractivity contribution in [3.8, 4) is 17.6 Å². The molecule has 0 spiro atoms. The second-order valence-electron chi connectivity index (χ2n) is 4.64. The van der Waals surface area contributed by atoms with Crippen molar-refractivity contribution >= 4 is 0 Å². The van der Waals surface area contributed by atoms with E-state index in [4.69, 9.17) is 14.7 Å². The van der Waals surface area contributed by atoms with Gasteiger partial charge in [0.15, 0.2) is 0 Å². The normalized spacial score (nSPS) is 19.3. The number of nitrogens with zero attached hydrogens (tertiary/aromatic N) is 2. The molecule has 108 valence electrons. The van der Waals surface area contributed by atoms with Crippen LogP contribution in [-0.4, -0.2) is 50.3 Å². The second-order valence-corrected chi connectivity index (χ2v) is 4.64. The summed E-state index contributed by atoms with van der Waals surface area (Å²) >= 11 is 0. The van der Waals surface area contributed by atoms with E-state index >= 15 is 0 Å². The average Bonchev–Trinajstić information content (AvgIpc) is 2.50. The zero-order chi connectivity index (χ0) is 14.2. The van der Waals surface area contributed by atoms with E-state index in [1.807, 2.05) is 31.2 Å². The summed E-state index contributed by atoms with van der Waals surface area (Å²) < 4.78 is 11.1. The molecular formula is C15H21N3O2. The Morgan fingerprint density at radius 1 is 1.30 bits per heavy atom. The van der Waals surface area contributed by atoms with Gasteiger partial charge in [-0.3, -0.25) is 4.90 Å². The van der Waals surface area contributed by atoms with Crippen LogP contribution in [0.3, 0.4) is 0 Å². The predicted molar refractivity (Wildman–Crippen MR) is 76.9 cm³/mol. The molecule has 1 atom stereocenters. The summed E-state index contributed by atoms with van der Waals surface area (Å²) in [6.45, 7) is 6.55. The van der Waals surface area contributed by atoms with Crippen LogP contribution in [0.25, 0.3) is 0 Å². The number of benzene rings is 1. The van der Waals surface area contributed by atoms with Crippen LogP contribution in [0.5, 0.6) is 11.5 Å². The van der Waals surface area contributed by atoms with Crippen LogP contribution >= 0.6 is 0 Å². The Bertz CT molecular complexity index is 441. The lowest BCUT2D eigenvalue weighted by Crippen LogP contribution is -2.51. The van der Waals surface area contributed by atoms with Gasteiger partial charge in [0.05, 0.1) is 12.7 Å². The van der Waals surface area contributed by atoms with Crippen LogP contribution in [0, 0.1) is 11.3 Å². The fourth-order valence-corrected chi connectivity index (χ4v) is 2.22. The molecule has 2 rings (SSSR count). The van der Waals surface area contributed by atoms with Gasteiger partial charge >= 0.3 is 0 Å². The van der Waals surface area contributed by atoms with Gasteiger partial charge in [-0.25, -0.2) is 0 Å². The van der Waals surface area contributed by atoms with E-state index < -0.39 is 0 Å². The quantitative estimate of drug-likeness (QED) is 0.847. The third-order valence-electron chi connectivity index (χ3n) is 3.29. The van der Waals surface area contributed by atoms with Crippen molar-refractivity contribution in [2.75, 3.05) is 39.4 Å². The highest BCUT2D eigenvalue weighted by molar-refractivity contribution is 5.31. The SMILES string of the molecule is CCOc1ccc(OCCN2CCNCC2C#N)cc1. The third kappa shape index (κ3) is 4.12. The molecule has 1 heterocycles. The first-order chi connectivity index (χ1) is 9.83. The zero-order valence-corrected chi connectivity index (χ0v) is 11.8. The number of hydrogen-bond acceptors (Lipinski definition) is 5. The maximum atomic E-state index is 9.07. The van der Waals surface area contributed by atoms with Crippen molar-refractivity contribution < 1.29 is 9.47 Å². The summed E-state index contributed by atoms with van der Waals surface area (Å²) in [6, 6.07) is 9.89. The Balaban J connectivity index is 1.76. The van der Waals surface area contributed by atoms with Gasteiger partial charge in [0.1, 0.15) is 24.1 Å². The van der Waals surface area contributed by atoms with Crippen molar-refractivity contribution in [1.29, 1.82) is 5.26 Å². The standard InChI is InChI=1S/C15H21N3O2/c1-2-19-14-3-5-15(6-4-14)20-10-9-18-8-7-17-12-13(18)11-16/h3-6,13,17H,2,7-10,12H2,1H3. The number of ether oxygens (including phenoxy) is 2. The molecule has 1 N–H and O–H groups in total. The Morgan fingerprint density at radius 2 is 2.00 bits per heavy atom. The number of nitrogens with one attached hydrogen (secondary N) is 1. The highest BCUT2D eigenvalue weighted by Crippen LogP contribution is 2.17. The summed E-state index contributed by atoms with van der Waals surface area (Å²) in [5.41, 5.74) is 0. The molecule has 20 heavy (non-hydrogen) atoms. The fourth-order valence-electron chi connectivity index (χ4n) is 2.22. The first kappa shape index (κ1) is 14.6. The number of nitriles is 1. The molecule has 0 bridgehead atoms. The van der Waals surface area contributed by atoms with Gasteiger partial charge < -0.3 is 14.8 Å². The number of rotatable bonds is 6. The minimum Gasteiger partial charge on any atom is -0.494 e. The topological polar surface area (TPSA) is 57.5 Å². The van der Waals surface area contributed by atoms with Crippen molar-refractivity contribution in [2.45, 2.75) is 13.0 Å². The highest BCUT2D eigenvalue weighted by atomic mass is 16.5. The van der Waals surface area contributed by atoms with Gasteiger partial charge in [0, 0.05) is 26.2 Å². The van der Waals surface area contributed by atoms with Crippen LogP contribution in [0.15, 0.2) is 24.3 Å². The Labute approximate surface area is 120 Å². The molecule has 1 unspecified atom stereocenters. The van der Waals surface area contributed by atoms with Crippen LogP contribution in [0.4, 0.5) is 0 Å². The molecule has 1 aromatic carbocycles. The summed E-state index contributed by atoms with van der Waals surface area (Å²) in [7, 11) is 0. The first-order valence-corrected chi connectivity index (χ1v) is 7.03. The second kappa shape index (κ2) is 7.73. The van der Waals surface area contributed by atoms with Crippen LogP contribution in [0.2, 0.25) is 0 Å². The Hall–Kier alpha value is -1.77. The van der Waals surface area contributed by atoms with Crippen LogP contribution < -0.4 is 14.8 Å². The maximum absolute atomic E-state index is 9.07. The Morgan fingerprint density at radius 3 is 2.65 bits per heavy atom. The first-order valence-electron chi connectivity index (χ1n) is 7.03. The summed E-state index contributed by atoms with van der Waals surface area (Å²) in [4.78, 5) is 2.16. The van der Waals surface area contributed by atoms with Crippen LogP contribution in [-0.2, 0) is 0 Å². The van der Waals surface area contributed by atoms with Crippen molar-refractivity contribution in [3.05, 3.63) is 24.3 Å². The number of piperazine rings is 1. The summed E-state index contributed by atoms with van der Waals surface area (Å²) in [5.74, 6) is 1.68. The van der Waals surface area contributed by atoms with E-state index in [0.29, 0.717) is 13.2 Å². The molecule has 1 aromatic rings. The molecule has 5 heteroatoms. The van der Waals surface area contributed by atoms with Gasteiger partial charge in [0.2, 0.25) is 0 Å². The maximum Gasteiger partial charge on any atom is 0.119 e. The molecule has 1 aliphatic rings. The van der Waals surface area contributed by atoms with Crippen molar-refractivity contribution in [1.82, 2.24) is 10.2 Å². The third-order valence-corrected chi connectivity index (χ3v) is 3.29. The fraction of sp³-hybridized carbons (Fsp3) is 0.533. The van der Waals surface area contributed by atoms with Gasteiger partial charge in [0.25, 0.3) is 0 Å². The zero-order valence-electron chi connectivity index (χ0n) is 11.8. The lowest BCUT2D eigenvalue weighted by atomic mass is 10.2. The van der Waals surface area contributed by atoms with Gasteiger partial charge in [-0.1, -0.05) is 0 Å². The molecule has 0 radical (unpaired) electrons. The largest absolute Gasteiger partial charge is 0.494 e. The minimum absolute atomic E-state index is 0.0484. The molecule has 0 saturated carbocycles. The molecular weight excluding hydrogens is 254 g/mol. The minimum atomic E-state index is -0.0484. The molecule has 0 amide bonds. The van der Waals surface area contributed by atoms with Crippen molar-refractivity contribution in [2.24, 2.45) is 0 Å². The van der Waals surface area contributed by atoms with Crippen molar-refractivity contribution in [3.63, 3.8) is 0 Å². The molecule has 5 nitrogen and oxygen atoms in total. The van der Waals surface area contributed by atoms with E-state index in [1.54, 1.807) is 0 Å². The smallest absolute Gasteiger partial charge is 0.119 e.